The maximum absolute atomic E-state index is 13.0. The number of nitriles is 1. The first-order chi connectivity index (χ1) is 6.19. The van der Waals surface area contributed by atoms with Crippen LogP contribution in [0.1, 0.15) is 17.2 Å². The van der Waals surface area contributed by atoms with Crippen molar-refractivity contribution in [1.82, 2.24) is 0 Å². The number of benzene rings is 1. The van der Waals surface area contributed by atoms with Gasteiger partial charge in [0, 0.05) is 12.6 Å². The van der Waals surface area contributed by atoms with Crippen molar-refractivity contribution >= 4 is 0 Å². The Morgan fingerprint density at radius 1 is 1.54 bits per heavy atom. The van der Waals surface area contributed by atoms with Crippen LogP contribution in [0.15, 0.2) is 18.2 Å². The fourth-order valence-corrected chi connectivity index (χ4v) is 0.989. The second-order valence-electron chi connectivity index (χ2n) is 2.69. The summed E-state index contributed by atoms with van der Waals surface area (Å²) in [6, 6.07) is 5.62. The minimum Gasteiger partial charge on any atom is -0.329 e. The first-order valence-electron chi connectivity index (χ1n) is 3.84. The summed E-state index contributed by atoms with van der Waals surface area (Å²) in [4.78, 5) is 0. The second kappa shape index (κ2) is 3.99. The van der Waals surface area contributed by atoms with Gasteiger partial charge in [-0.15, -0.1) is 0 Å². The van der Waals surface area contributed by atoms with Crippen LogP contribution in [-0.2, 0) is 0 Å². The molecular formula is C9H10FN3. The molecule has 3 nitrogen and oxygen atoms in total. The average Bonchev–Trinajstić information content (AvgIpc) is 2.16. The van der Waals surface area contributed by atoms with Crippen LogP contribution in [0.25, 0.3) is 0 Å². The van der Waals surface area contributed by atoms with E-state index in [0.29, 0.717) is 5.56 Å². The lowest BCUT2D eigenvalue weighted by Gasteiger charge is -2.08. The molecule has 1 rings (SSSR count). The fraction of sp³-hybridized carbons (Fsp3) is 0.222. The fourth-order valence-electron chi connectivity index (χ4n) is 0.989. The predicted molar refractivity (Wildman–Crippen MR) is 47.1 cm³/mol. The van der Waals surface area contributed by atoms with E-state index in [2.05, 4.69) is 0 Å². The highest BCUT2D eigenvalue weighted by Crippen LogP contribution is 2.13. The van der Waals surface area contributed by atoms with Crippen LogP contribution >= 0.6 is 0 Å². The Morgan fingerprint density at radius 3 is 2.69 bits per heavy atom. The normalized spacial score (nSPS) is 12.2. The standard InChI is InChI=1S/C9H10FN3/c10-8-3-6(9(13)5-12)1-2-7(8)4-11/h1-3,9H,5,12-13H2/t9-/m1/s1. The molecule has 0 aromatic heterocycles. The Labute approximate surface area is 75.8 Å². The SMILES string of the molecule is N#Cc1ccc([C@H](N)CN)cc1F. The quantitative estimate of drug-likeness (QED) is 0.700. The molecule has 0 heterocycles. The summed E-state index contributed by atoms with van der Waals surface area (Å²) < 4.78 is 13.0. The first-order valence-corrected chi connectivity index (χ1v) is 3.84. The molecule has 68 valence electrons. The van der Waals surface area contributed by atoms with Gasteiger partial charge in [-0.1, -0.05) is 6.07 Å². The van der Waals surface area contributed by atoms with E-state index in [0.717, 1.165) is 0 Å². The zero-order valence-electron chi connectivity index (χ0n) is 7.00. The van der Waals surface area contributed by atoms with Gasteiger partial charge < -0.3 is 11.5 Å². The molecule has 4 N–H and O–H groups in total. The van der Waals surface area contributed by atoms with Gasteiger partial charge in [0.2, 0.25) is 0 Å². The summed E-state index contributed by atoms with van der Waals surface area (Å²) >= 11 is 0. The van der Waals surface area contributed by atoms with Gasteiger partial charge in [-0.05, 0) is 17.7 Å². The molecule has 0 unspecified atom stereocenters. The van der Waals surface area contributed by atoms with E-state index < -0.39 is 5.82 Å². The Bertz CT molecular complexity index is 343. The van der Waals surface area contributed by atoms with Crippen LogP contribution in [-0.4, -0.2) is 6.54 Å². The van der Waals surface area contributed by atoms with Gasteiger partial charge >= 0.3 is 0 Å². The Morgan fingerprint density at radius 2 is 2.23 bits per heavy atom. The molecule has 0 radical (unpaired) electrons. The van der Waals surface area contributed by atoms with Crippen molar-refractivity contribution in [2.24, 2.45) is 11.5 Å². The van der Waals surface area contributed by atoms with Gasteiger partial charge in [0.15, 0.2) is 0 Å². The third kappa shape index (κ3) is 2.02. The van der Waals surface area contributed by atoms with Crippen LogP contribution < -0.4 is 11.5 Å². The van der Waals surface area contributed by atoms with Gasteiger partial charge in [-0.25, -0.2) is 4.39 Å². The summed E-state index contributed by atoms with van der Waals surface area (Å²) in [5.74, 6) is -0.552. The largest absolute Gasteiger partial charge is 0.329 e. The first kappa shape index (κ1) is 9.65. The zero-order chi connectivity index (χ0) is 9.84. The van der Waals surface area contributed by atoms with Crippen LogP contribution in [0.4, 0.5) is 4.39 Å². The second-order valence-corrected chi connectivity index (χ2v) is 2.69. The summed E-state index contributed by atoms with van der Waals surface area (Å²) in [5.41, 5.74) is 11.5. The Balaban J connectivity index is 3.04. The van der Waals surface area contributed by atoms with Crippen LogP contribution in [0.2, 0.25) is 0 Å². The van der Waals surface area contributed by atoms with Crippen molar-refractivity contribution in [2.75, 3.05) is 6.54 Å². The highest BCUT2D eigenvalue weighted by molar-refractivity contribution is 5.34. The minimum absolute atomic E-state index is 0.0213. The van der Waals surface area contributed by atoms with Gasteiger partial charge in [0.05, 0.1) is 5.56 Å². The lowest BCUT2D eigenvalue weighted by Crippen LogP contribution is -2.20. The molecule has 0 fully saturated rings. The van der Waals surface area contributed by atoms with Crippen molar-refractivity contribution in [3.63, 3.8) is 0 Å². The molecule has 0 saturated carbocycles. The van der Waals surface area contributed by atoms with Crippen LogP contribution in [0, 0.1) is 17.1 Å². The molecule has 0 aliphatic rings. The molecule has 0 aliphatic heterocycles. The van der Waals surface area contributed by atoms with E-state index in [4.69, 9.17) is 16.7 Å². The smallest absolute Gasteiger partial charge is 0.141 e. The molecule has 0 aliphatic carbocycles. The highest BCUT2D eigenvalue weighted by Gasteiger charge is 2.07. The van der Waals surface area contributed by atoms with E-state index >= 15 is 0 Å². The molecule has 0 bridgehead atoms. The molecule has 13 heavy (non-hydrogen) atoms. The minimum atomic E-state index is -0.552. The monoisotopic (exact) mass is 179 g/mol. The summed E-state index contributed by atoms with van der Waals surface area (Å²) in [5, 5.41) is 8.46. The highest BCUT2D eigenvalue weighted by atomic mass is 19.1. The number of hydrogen-bond acceptors (Lipinski definition) is 3. The third-order valence-electron chi connectivity index (χ3n) is 1.80. The lowest BCUT2D eigenvalue weighted by atomic mass is 10.1. The summed E-state index contributed by atoms with van der Waals surface area (Å²) in [7, 11) is 0. The molecular weight excluding hydrogens is 169 g/mol. The molecule has 4 heteroatoms. The van der Waals surface area contributed by atoms with Crippen molar-refractivity contribution in [3.05, 3.63) is 35.1 Å². The van der Waals surface area contributed by atoms with Crippen molar-refractivity contribution < 1.29 is 4.39 Å². The van der Waals surface area contributed by atoms with Gasteiger partial charge in [-0.3, -0.25) is 0 Å². The summed E-state index contributed by atoms with van der Waals surface area (Å²) in [6.45, 7) is 0.255. The van der Waals surface area contributed by atoms with Gasteiger partial charge in [-0.2, -0.15) is 5.26 Å². The van der Waals surface area contributed by atoms with E-state index in [1.54, 1.807) is 12.1 Å². The van der Waals surface area contributed by atoms with E-state index in [1.165, 1.54) is 12.1 Å². The average molecular weight is 179 g/mol. The van der Waals surface area contributed by atoms with Crippen molar-refractivity contribution in [3.8, 4) is 6.07 Å². The molecule has 1 atom stereocenters. The number of nitrogens with two attached hydrogens (primary N) is 2. The number of rotatable bonds is 2. The van der Waals surface area contributed by atoms with Gasteiger partial charge in [0.25, 0.3) is 0 Å². The lowest BCUT2D eigenvalue weighted by molar-refractivity contribution is 0.616. The maximum atomic E-state index is 13.0. The third-order valence-corrected chi connectivity index (χ3v) is 1.80. The predicted octanol–water partition coefficient (Wildman–Crippen LogP) is 0.656. The van der Waals surface area contributed by atoms with Crippen molar-refractivity contribution in [1.29, 1.82) is 5.26 Å². The van der Waals surface area contributed by atoms with Crippen LogP contribution in [0.5, 0.6) is 0 Å². The van der Waals surface area contributed by atoms with Crippen LogP contribution in [0.3, 0.4) is 0 Å². The molecule has 1 aromatic rings. The molecule has 0 saturated heterocycles. The summed E-state index contributed by atoms with van der Waals surface area (Å²) in [6.07, 6.45) is 0. The Hall–Kier alpha value is -1.44. The topological polar surface area (TPSA) is 75.8 Å². The number of halogens is 1. The van der Waals surface area contributed by atoms with E-state index in [-0.39, 0.29) is 18.2 Å². The van der Waals surface area contributed by atoms with E-state index in [9.17, 15) is 4.39 Å². The molecule has 0 amide bonds. The number of nitrogens with zero attached hydrogens (tertiary/aromatic N) is 1. The Kier molecular flexibility index (Phi) is 2.96. The maximum Gasteiger partial charge on any atom is 0.141 e. The van der Waals surface area contributed by atoms with Gasteiger partial charge in [0.1, 0.15) is 11.9 Å². The number of hydrogen-bond donors (Lipinski definition) is 2. The zero-order valence-corrected chi connectivity index (χ0v) is 7.00. The molecule has 1 aromatic carbocycles. The van der Waals surface area contributed by atoms with Crippen molar-refractivity contribution in [2.45, 2.75) is 6.04 Å². The van der Waals surface area contributed by atoms with E-state index in [1.807, 2.05) is 0 Å². The molecule has 0 spiro atoms.